The Bertz CT molecular complexity index is 512. The van der Waals surface area contributed by atoms with Crippen LogP contribution in [0.15, 0.2) is 17.9 Å². The predicted octanol–water partition coefficient (Wildman–Crippen LogP) is 2.64. The molecule has 0 saturated heterocycles. The quantitative estimate of drug-likeness (QED) is 0.899. The van der Waals surface area contributed by atoms with E-state index in [9.17, 15) is 0 Å². The zero-order valence-corrected chi connectivity index (χ0v) is 11.5. The highest BCUT2D eigenvalue weighted by Crippen LogP contribution is 2.16. The van der Waals surface area contributed by atoms with Gasteiger partial charge in [0.25, 0.3) is 0 Å². The van der Waals surface area contributed by atoms with Crippen molar-refractivity contribution in [1.29, 1.82) is 0 Å². The molecule has 0 atom stereocenters. The molecule has 0 aliphatic rings. The third-order valence-corrected chi connectivity index (χ3v) is 3.21. The number of nitrogens with zero attached hydrogens (tertiary/aromatic N) is 3. The summed E-state index contributed by atoms with van der Waals surface area (Å²) in [5.41, 5.74) is 2.90. The number of hydrogen-bond acceptors (Lipinski definition) is 6. The maximum atomic E-state index is 5.51. The topological polar surface area (TPSA) is 59.9 Å². The molecule has 0 aliphatic heterocycles. The summed E-state index contributed by atoms with van der Waals surface area (Å²) in [6, 6.07) is 1.80. The first-order chi connectivity index (χ1) is 8.65. The normalized spacial score (nSPS) is 10.7. The Balaban J connectivity index is 1.99. The molecule has 2 rings (SSSR count). The SMILES string of the molecule is Cc1ncsc1CNc1cc(OC(C)C)ncn1. The number of nitrogens with one attached hydrogen (secondary N) is 1. The van der Waals surface area contributed by atoms with Gasteiger partial charge >= 0.3 is 0 Å². The van der Waals surface area contributed by atoms with Gasteiger partial charge in [0.15, 0.2) is 0 Å². The highest BCUT2D eigenvalue weighted by Gasteiger charge is 2.04. The lowest BCUT2D eigenvalue weighted by molar-refractivity contribution is 0.232. The zero-order chi connectivity index (χ0) is 13.0. The van der Waals surface area contributed by atoms with E-state index >= 15 is 0 Å². The number of rotatable bonds is 5. The van der Waals surface area contributed by atoms with Crippen molar-refractivity contribution >= 4 is 17.2 Å². The van der Waals surface area contributed by atoms with E-state index in [-0.39, 0.29) is 6.10 Å². The van der Waals surface area contributed by atoms with Crippen LogP contribution in [0.25, 0.3) is 0 Å². The number of anilines is 1. The monoisotopic (exact) mass is 264 g/mol. The summed E-state index contributed by atoms with van der Waals surface area (Å²) in [4.78, 5) is 13.6. The van der Waals surface area contributed by atoms with Crippen molar-refractivity contribution in [3.05, 3.63) is 28.5 Å². The van der Waals surface area contributed by atoms with Gasteiger partial charge < -0.3 is 10.1 Å². The second kappa shape index (κ2) is 5.77. The van der Waals surface area contributed by atoms with E-state index in [2.05, 4.69) is 20.3 Å². The maximum absolute atomic E-state index is 5.51. The maximum Gasteiger partial charge on any atom is 0.218 e. The van der Waals surface area contributed by atoms with E-state index in [1.807, 2.05) is 26.3 Å². The number of aromatic nitrogens is 3. The van der Waals surface area contributed by atoms with E-state index in [1.54, 1.807) is 17.4 Å². The second-order valence-corrected chi connectivity index (χ2v) is 5.06. The zero-order valence-electron chi connectivity index (χ0n) is 10.7. The fourth-order valence-electron chi connectivity index (χ4n) is 1.41. The molecular formula is C12H16N4OS. The van der Waals surface area contributed by atoms with Gasteiger partial charge in [-0.1, -0.05) is 0 Å². The first-order valence-electron chi connectivity index (χ1n) is 5.76. The predicted molar refractivity (Wildman–Crippen MR) is 72.0 cm³/mol. The minimum atomic E-state index is 0.108. The Morgan fingerprint density at radius 2 is 2.17 bits per heavy atom. The average molecular weight is 264 g/mol. The van der Waals surface area contributed by atoms with Crippen LogP contribution in [0, 0.1) is 6.92 Å². The van der Waals surface area contributed by atoms with Crippen LogP contribution in [0.1, 0.15) is 24.4 Å². The molecule has 6 heteroatoms. The van der Waals surface area contributed by atoms with Gasteiger partial charge in [0.1, 0.15) is 12.1 Å². The number of thiazole rings is 1. The molecule has 0 bridgehead atoms. The first kappa shape index (κ1) is 12.8. The first-order valence-corrected chi connectivity index (χ1v) is 6.64. The third kappa shape index (κ3) is 3.40. The molecule has 0 spiro atoms. The average Bonchev–Trinajstić information content (AvgIpc) is 2.72. The molecule has 0 saturated carbocycles. The Kier molecular flexibility index (Phi) is 4.09. The van der Waals surface area contributed by atoms with Crippen molar-refractivity contribution in [2.75, 3.05) is 5.32 Å². The molecule has 2 aromatic heterocycles. The van der Waals surface area contributed by atoms with Crippen molar-refractivity contribution in [3.63, 3.8) is 0 Å². The molecule has 0 fully saturated rings. The molecule has 0 amide bonds. The Hall–Kier alpha value is -1.69. The highest BCUT2D eigenvalue weighted by molar-refractivity contribution is 7.09. The molecule has 2 aromatic rings. The van der Waals surface area contributed by atoms with Gasteiger partial charge in [-0.15, -0.1) is 11.3 Å². The van der Waals surface area contributed by atoms with Crippen LogP contribution in [-0.2, 0) is 6.54 Å². The summed E-state index contributed by atoms with van der Waals surface area (Å²) in [5.74, 6) is 1.34. The highest BCUT2D eigenvalue weighted by atomic mass is 32.1. The Morgan fingerprint density at radius 1 is 1.33 bits per heavy atom. The van der Waals surface area contributed by atoms with Crippen LogP contribution in [-0.4, -0.2) is 21.1 Å². The van der Waals surface area contributed by atoms with Gasteiger partial charge in [0.2, 0.25) is 5.88 Å². The fraction of sp³-hybridized carbons (Fsp3) is 0.417. The molecule has 5 nitrogen and oxygen atoms in total. The second-order valence-electron chi connectivity index (χ2n) is 4.12. The van der Waals surface area contributed by atoms with Gasteiger partial charge in [-0.3, -0.25) is 0 Å². The van der Waals surface area contributed by atoms with E-state index in [1.165, 1.54) is 11.2 Å². The van der Waals surface area contributed by atoms with Crippen molar-refractivity contribution in [2.45, 2.75) is 33.4 Å². The number of hydrogen-bond donors (Lipinski definition) is 1. The van der Waals surface area contributed by atoms with Gasteiger partial charge in [-0.2, -0.15) is 0 Å². The molecular weight excluding hydrogens is 248 g/mol. The lowest BCUT2D eigenvalue weighted by Gasteiger charge is -2.09. The van der Waals surface area contributed by atoms with Crippen LogP contribution < -0.4 is 10.1 Å². The third-order valence-electron chi connectivity index (χ3n) is 2.27. The minimum absolute atomic E-state index is 0.108. The fourth-order valence-corrected chi connectivity index (χ4v) is 2.13. The summed E-state index contributed by atoms with van der Waals surface area (Å²) in [5, 5.41) is 3.24. The molecule has 0 unspecified atom stereocenters. The Morgan fingerprint density at radius 3 is 2.83 bits per heavy atom. The molecule has 18 heavy (non-hydrogen) atoms. The van der Waals surface area contributed by atoms with Crippen molar-refractivity contribution in [2.24, 2.45) is 0 Å². The lowest BCUT2D eigenvalue weighted by atomic mass is 10.4. The van der Waals surface area contributed by atoms with Crippen molar-refractivity contribution in [3.8, 4) is 5.88 Å². The summed E-state index contributed by atoms with van der Waals surface area (Å²) in [6.45, 7) is 6.65. The van der Waals surface area contributed by atoms with Gasteiger partial charge in [0, 0.05) is 10.9 Å². The van der Waals surface area contributed by atoms with E-state index in [4.69, 9.17) is 4.74 Å². The van der Waals surface area contributed by atoms with Crippen LogP contribution in [0.3, 0.4) is 0 Å². The molecule has 0 radical (unpaired) electrons. The molecule has 0 aromatic carbocycles. The molecule has 96 valence electrons. The van der Waals surface area contributed by atoms with Crippen molar-refractivity contribution in [1.82, 2.24) is 15.0 Å². The lowest BCUT2D eigenvalue weighted by Crippen LogP contribution is -2.08. The van der Waals surface area contributed by atoms with E-state index in [0.29, 0.717) is 12.4 Å². The molecule has 0 aliphatic carbocycles. The van der Waals surface area contributed by atoms with Gasteiger partial charge in [0.05, 0.1) is 23.9 Å². The summed E-state index contributed by atoms with van der Waals surface area (Å²) < 4.78 is 5.51. The largest absolute Gasteiger partial charge is 0.475 e. The number of ether oxygens (including phenoxy) is 1. The van der Waals surface area contributed by atoms with Crippen LogP contribution in [0.2, 0.25) is 0 Å². The van der Waals surface area contributed by atoms with Crippen LogP contribution in [0.4, 0.5) is 5.82 Å². The number of aryl methyl sites for hydroxylation is 1. The molecule has 2 heterocycles. The molecule has 1 N–H and O–H groups in total. The van der Waals surface area contributed by atoms with Crippen molar-refractivity contribution < 1.29 is 4.74 Å². The van der Waals surface area contributed by atoms with E-state index in [0.717, 1.165) is 11.5 Å². The smallest absolute Gasteiger partial charge is 0.218 e. The van der Waals surface area contributed by atoms with Crippen LogP contribution >= 0.6 is 11.3 Å². The summed E-state index contributed by atoms with van der Waals surface area (Å²) in [6.07, 6.45) is 1.61. The van der Waals surface area contributed by atoms with Gasteiger partial charge in [-0.05, 0) is 20.8 Å². The van der Waals surface area contributed by atoms with Gasteiger partial charge in [-0.25, -0.2) is 15.0 Å². The standard InChI is InChI=1S/C12H16N4OS/c1-8(2)17-12-4-11(14-6-15-12)13-5-10-9(3)16-7-18-10/h4,6-8H,5H2,1-3H3,(H,13,14,15). The summed E-state index contributed by atoms with van der Waals surface area (Å²) in [7, 11) is 0. The minimum Gasteiger partial charge on any atom is -0.475 e. The van der Waals surface area contributed by atoms with Crippen LogP contribution in [0.5, 0.6) is 5.88 Å². The Labute approximate surface area is 110 Å². The van der Waals surface area contributed by atoms with E-state index < -0.39 is 0 Å². The summed E-state index contributed by atoms with van der Waals surface area (Å²) >= 11 is 1.64.